The SMILES string of the molecule is CC(=O)c1ccccc1C(=O)NCC(CC(C)O)c1ccccc1. The van der Waals surface area contributed by atoms with Crippen molar-refractivity contribution in [3.8, 4) is 0 Å². The Hall–Kier alpha value is -2.46. The Bertz CT molecular complexity index is 695. The summed E-state index contributed by atoms with van der Waals surface area (Å²) in [7, 11) is 0. The second kappa shape index (κ2) is 8.41. The molecule has 4 heteroatoms. The van der Waals surface area contributed by atoms with E-state index >= 15 is 0 Å². The maximum Gasteiger partial charge on any atom is 0.252 e. The highest BCUT2D eigenvalue weighted by Crippen LogP contribution is 2.21. The molecule has 0 aliphatic heterocycles. The third-order valence-electron chi connectivity index (χ3n) is 3.96. The topological polar surface area (TPSA) is 66.4 Å². The molecule has 0 saturated heterocycles. The van der Waals surface area contributed by atoms with Crippen molar-refractivity contribution < 1.29 is 14.7 Å². The van der Waals surface area contributed by atoms with E-state index in [2.05, 4.69) is 5.32 Å². The molecule has 0 heterocycles. The van der Waals surface area contributed by atoms with Crippen LogP contribution in [0.15, 0.2) is 54.6 Å². The predicted octanol–water partition coefficient (Wildman–Crippen LogP) is 3.17. The molecule has 24 heavy (non-hydrogen) atoms. The van der Waals surface area contributed by atoms with E-state index in [0.29, 0.717) is 24.1 Å². The minimum Gasteiger partial charge on any atom is -0.393 e. The number of hydrogen-bond acceptors (Lipinski definition) is 3. The highest BCUT2D eigenvalue weighted by molar-refractivity contribution is 6.07. The van der Waals surface area contributed by atoms with Crippen LogP contribution in [0.5, 0.6) is 0 Å². The van der Waals surface area contributed by atoms with Crippen LogP contribution in [0, 0.1) is 0 Å². The standard InChI is InChI=1S/C20H23NO3/c1-14(22)12-17(16-8-4-3-5-9-16)13-21-20(24)19-11-7-6-10-18(19)15(2)23/h3-11,14,17,22H,12-13H2,1-2H3,(H,21,24). The zero-order chi connectivity index (χ0) is 17.5. The van der Waals surface area contributed by atoms with E-state index in [1.807, 2.05) is 30.3 Å². The number of amides is 1. The summed E-state index contributed by atoms with van der Waals surface area (Å²) < 4.78 is 0. The molecule has 0 aliphatic carbocycles. The fourth-order valence-corrected chi connectivity index (χ4v) is 2.77. The first kappa shape index (κ1) is 17.9. The van der Waals surface area contributed by atoms with Gasteiger partial charge < -0.3 is 10.4 Å². The average Bonchev–Trinajstić information content (AvgIpc) is 2.58. The molecule has 2 unspecified atom stereocenters. The zero-order valence-corrected chi connectivity index (χ0v) is 14.0. The smallest absolute Gasteiger partial charge is 0.252 e. The summed E-state index contributed by atoms with van der Waals surface area (Å²) in [6.07, 6.45) is 0.0927. The summed E-state index contributed by atoms with van der Waals surface area (Å²) in [6, 6.07) is 16.6. The highest BCUT2D eigenvalue weighted by atomic mass is 16.3. The summed E-state index contributed by atoms with van der Waals surface area (Å²) in [5.41, 5.74) is 1.87. The van der Waals surface area contributed by atoms with Gasteiger partial charge >= 0.3 is 0 Å². The lowest BCUT2D eigenvalue weighted by molar-refractivity contribution is 0.0932. The molecule has 2 aromatic carbocycles. The number of hydrogen-bond donors (Lipinski definition) is 2. The van der Waals surface area contributed by atoms with Crippen LogP contribution >= 0.6 is 0 Å². The summed E-state index contributed by atoms with van der Waals surface area (Å²) >= 11 is 0. The van der Waals surface area contributed by atoms with Crippen molar-refractivity contribution >= 4 is 11.7 Å². The minimum atomic E-state index is -0.461. The molecule has 2 N–H and O–H groups in total. The number of ketones is 1. The Morgan fingerprint density at radius 3 is 2.17 bits per heavy atom. The van der Waals surface area contributed by atoms with Gasteiger partial charge in [-0.2, -0.15) is 0 Å². The molecule has 0 bridgehead atoms. The number of carbonyl (C=O) groups excluding carboxylic acids is 2. The van der Waals surface area contributed by atoms with Gasteiger partial charge in [-0.1, -0.05) is 48.5 Å². The molecule has 0 fully saturated rings. The monoisotopic (exact) mass is 325 g/mol. The molecule has 1 amide bonds. The number of carbonyl (C=O) groups is 2. The first-order valence-electron chi connectivity index (χ1n) is 8.10. The third kappa shape index (κ3) is 4.77. The van der Waals surface area contributed by atoms with Gasteiger partial charge in [0.2, 0.25) is 0 Å². The van der Waals surface area contributed by atoms with Gasteiger partial charge in [0.25, 0.3) is 5.91 Å². The summed E-state index contributed by atoms with van der Waals surface area (Å²) in [4.78, 5) is 24.1. The quantitative estimate of drug-likeness (QED) is 0.768. The zero-order valence-electron chi connectivity index (χ0n) is 14.0. The van der Waals surface area contributed by atoms with Crippen molar-refractivity contribution in [2.24, 2.45) is 0 Å². The van der Waals surface area contributed by atoms with Gasteiger partial charge in [0.05, 0.1) is 11.7 Å². The van der Waals surface area contributed by atoms with Gasteiger partial charge in [-0.3, -0.25) is 9.59 Å². The van der Waals surface area contributed by atoms with Gasteiger partial charge in [0.15, 0.2) is 5.78 Å². The molecule has 0 saturated carbocycles. The maximum absolute atomic E-state index is 12.5. The van der Waals surface area contributed by atoms with Crippen LogP contribution in [-0.4, -0.2) is 29.4 Å². The first-order chi connectivity index (χ1) is 11.5. The van der Waals surface area contributed by atoms with E-state index in [1.54, 1.807) is 31.2 Å². The first-order valence-corrected chi connectivity index (χ1v) is 8.10. The molecule has 0 spiro atoms. The van der Waals surface area contributed by atoms with Crippen LogP contribution in [0.4, 0.5) is 0 Å². The van der Waals surface area contributed by atoms with Crippen LogP contribution in [0.25, 0.3) is 0 Å². The van der Waals surface area contributed by atoms with Gasteiger partial charge in [-0.15, -0.1) is 0 Å². The molecule has 4 nitrogen and oxygen atoms in total. The van der Waals surface area contributed by atoms with E-state index < -0.39 is 6.10 Å². The van der Waals surface area contributed by atoms with Crippen molar-refractivity contribution in [3.63, 3.8) is 0 Å². The fourth-order valence-electron chi connectivity index (χ4n) is 2.77. The van der Waals surface area contributed by atoms with Crippen LogP contribution in [0.3, 0.4) is 0 Å². The molecule has 0 radical (unpaired) electrons. The molecule has 0 aliphatic rings. The fraction of sp³-hybridized carbons (Fsp3) is 0.300. The Morgan fingerprint density at radius 2 is 1.58 bits per heavy atom. The molecule has 2 aromatic rings. The molecular weight excluding hydrogens is 302 g/mol. The molecule has 2 atom stereocenters. The normalized spacial score (nSPS) is 13.1. The van der Waals surface area contributed by atoms with Gasteiger partial charge in [-0.25, -0.2) is 0 Å². The van der Waals surface area contributed by atoms with Crippen LogP contribution in [-0.2, 0) is 0 Å². The van der Waals surface area contributed by atoms with Crippen molar-refractivity contribution in [1.29, 1.82) is 0 Å². The van der Waals surface area contributed by atoms with Crippen LogP contribution in [0.1, 0.15) is 52.5 Å². The van der Waals surface area contributed by atoms with Gasteiger partial charge in [-0.05, 0) is 31.9 Å². The molecule has 0 aromatic heterocycles. The summed E-state index contributed by atoms with van der Waals surface area (Å²) in [6.45, 7) is 3.59. The third-order valence-corrected chi connectivity index (χ3v) is 3.96. The lowest BCUT2D eigenvalue weighted by Gasteiger charge is -2.20. The van der Waals surface area contributed by atoms with E-state index in [0.717, 1.165) is 5.56 Å². The van der Waals surface area contributed by atoms with Crippen molar-refractivity contribution in [2.75, 3.05) is 6.54 Å². The number of rotatable bonds is 7. The summed E-state index contributed by atoms with van der Waals surface area (Å²) in [5, 5.41) is 12.6. The van der Waals surface area contributed by atoms with Crippen LogP contribution in [0.2, 0.25) is 0 Å². The van der Waals surface area contributed by atoms with E-state index in [9.17, 15) is 14.7 Å². The van der Waals surface area contributed by atoms with Crippen LogP contribution < -0.4 is 5.32 Å². The Balaban J connectivity index is 2.12. The average molecular weight is 325 g/mol. The summed E-state index contributed by atoms with van der Waals surface area (Å²) in [5.74, 6) is -0.392. The number of benzene rings is 2. The molecule has 126 valence electrons. The second-order valence-corrected chi connectivity index (χ2v) is 6.00. The van der Waals surface area contributed by atoms with E-state index in [-0.39, 0.29) is 17.6 Å². The predicted molar refractivity (Wildman–Crippen MR) is 94.3 cm³/mol. The number of aliphatic hydroxyl groups is 1. The van der Waals surface area contributed by atoms with Gasteiger partial charge in [0.1, 0.15) is 0 Å². The number of Topliss-reactive ketones (excluding diaryl/α,β-unsaturated/α-hetero) is 1. The van der Waals surface area contributed by atoms with Crippen molar-refractivity contribution in [3.05, 3.63) is 71.3 Å². The Kier molecular flexibility index (Phi) is 6.27. The number of aliphatic hydroxyl groups excluding tert-OH is 1. The maximum atomic E-state index is 12.5. The largest absolute Gasteiger partial charge is 0.393 e. The van der Waals surface area contributed by atoms with E-state index in [1.165, 1.54) is 6.92 Å². The van der Waals surface area contributed by atoms with Crippen molar-refractivity contribution in [2.45, 2.75) is 32.3 Å². The lowest BCUT2D eigenvalue weighted by atomic mass is 9.93. The second-order valence-electron chi connectivity index (χ2n) is 6.00. The van der Waals surface area contributed by atoms with Gasteiger partial charge in [0, 0.05) is 18.0 Å². The van der Waals surface area contributed by atoms with E-state index in [4.69, 9.17) is 0 Å². The molecule has 2 rings (SSSR count). The Morgan fingerprint density at radius 1 is 1.00 bits per heavy atom. The lowest BCUT2D eigenvalue weighted by Crippen LogP contribution is -2.30. The molecular formula is C20H23NO3. The highest BCUT2D eigenvalue weighted by Gasteiger charge is 2.18. The Labute approximate surface area is 142 Å². The number of nitrogens with one attached hydrogen (secondary N) is 1. The van der Waals surface area contributed by atoms with Crippen molar-refractivity contribution in [1.82, 2.24) is 5.32 Å². The minimum absolute atomic E-state index is 0.0136.